The number of carboxylic acids is 1. The van der Waals surface area contributed by atoms with Gasteiger partial charge in [-0.3, -0.25) is 14.4 Å². The van der Waals surface area contributed by atoms with Crippen molar-refractivity contribution in [3.05, 3.63) is 0 Å². The Morgan fingerprint density at radius 3 is 2.28 bits per heavy atom. The molecule has 1 aliphatic rings. The number of nitrogens with one attached hydrogen (secondary N) is 2. The summed E-state index contributed by atoms with van der Waals surface area (Å²) < 4.78 is 0. The van der Waals surface area contributed by atoms with Crippen LogP contribution in [0.4, 0.5) is 0 Å². The van der Waals surface area contributed by atoms with Crippen LogP contribution < -0.4 is 16.4 Å². The molecule has 3 amide bonds. The van der Waals surface area contributed by atoms with Crippen molar-refractivity contribution in [2.24, 2.45) is 17.6 Å². The molecule has 0 bridgehead atoms. The monoisotopic (exact) mass is 472 g/mol. The number of aliphatic carboxylic acids is 1. The van der Waals surface area contributed by atoms with E-state index >= 15 is 0 Å². The topological polar surface area (TPSA) is 142 Å². The highest BCUT2D eigenvalue weighted by atomic mass is 32.2. The molecule has 5 N–H and O–H groups in total. The maximum atomic E-state index is 13.1. The van der Waals surface area contributed by atoms with E-state index in [1.165, 1.54) is 16.7 Å². The molecule has 32 heavy (non-hydrogen) atoms. The molecular formula is C22H40N4O5S. The van der Waals surface area contributed by atoms with Gasteiger partial charge in [0.1, 0.15) is 18.1 Å². The third-order valence-corrected chi connectivity index (χ3v) is 7.04. The molecular weight excluding hydrogens is 432 g/mol. The van der Waals surface area contributed by atoms with Crippen molar-refractivity contribution in [2.45, 2.75) is 84.0 Å². The predicted octanol–water partition coefficient (Wildman–Crippen LogP) is 1.20. The van der Waals surface area contributed by atoms with Crippen LogP contribution in [0.3, 0.4) is 0 Å². The fraction of sp³-hybridized carbons (Fsp3) is 0.818. The number of nitrogens with zero attached hydrogens (tertiary/aromatic N) is 1. The lowest BCUT2D eigenvalue weighted by Gasteiger charge is -2.31. The van der Waals surface area contributed by atoms with E-state index in [0.29, 0.717) is 38.0 Å². The average Bonchev–Trinajstić information content (AvgIpc) is 3.27. The first-order chi connectivity index (χ1) is 15.1. The Bertz CT molecular complexity index is 662. The lowest BCUT2D eigenvalue weighted by Crippen LogP contribution is -2.58. The van der Waals surface area contributed by atoms with Crippen LogP contribution in [0.15, 0.2) is 0 Å². The van der Waals surface area contributed by atoms with Gasteiger partial charge < -0.3 is 26.4 Å². The number of amides is 3. The first-order valence-electron chi connectivity index (χ1n) is 11.5. The normalized spacial score (nSPS) is 20.7. The van der Waals surface area contributed by atoms with Crippen molar-refractivity contribution >= 4 is 35.5 Å². The van der Waals surface area contributed by atoms with E-state index in [-0.39, 0.29) is 17.7 Å². The summed E-state index contributed by atoms with van der Waals surface area (Å²) in [7, 11) is 0. The number of carbonyl (C=O) groups excluding carboxylic acids is 3. The Kier molecular flexibility index (Phi) is 12.1. The van der Waals surface area contributed by atoms with Gasteiger partial charge in [0.25, 0.3) is 0 Å². The number of hydrogen-bond donors (Lipinski definition) is 4. The van der Waals surface area contributed by atoms with E-state index in [9.17, 15) is 24.3 Å². The standard InChI is InChI=1S/C22H40N4O5S/c1-6-13(3)17(23)21(29)26-11-8-9-16(26)19(27)25-18(14(4)7-2)20(28)24-15(22(30)31)10-12-32-5/h13-18H,6-12,23H2,1-5H3,(H,24,28)(H,25,27)(H,30,31). The maximum Gasteiger partial charge on any atom is 0.326 e. The van der Waals surface area contributed by atoms with E-state index in [4.69, 9.17) is 5.73 Å². The highest BCUT2D eigenvalue weighted by molar-refractivity contribution is 7.98. The Morgan fingerprint density at radius 2 is 1.75 bits per heavy atom. The number of rotatable bonds is 13. The first-order valence-corrected chi connectivity index (χ1v) is 12.9. The smallest absolute Gasteiger partial charge is 0.326 e. The highest BCUT2D eigenvalue weighted by Crippen LogP contribution is 2.21. The van der Waals surface area contributed by atoms with Gasteiger partial charge in [-0.15, -0.1) is 0 Å². The molecule has 0 saturated carbocycles. The van der Waals surface area contributed by atoms with E-state index in [1.54, 1.807) is 0 Å². The van der Waals surface area contributed by atoms with Gasteiger partial charge in [-0.1, -0.05) is 40.5 Å². The van der Waals surface area contributed by atoms with Gasteiger partial charge in [0.15, 0.2) is 0 Å². The minimum absolute atomic E-state index is 0.000290. The Labute approximate surface area is 195 Å². The molecule has 0 radical (unpaired) electrons. The molecule has 0 aromatic heterocycles. The molecule has 0 aliphatic carbocycles. The van der Waals surface area contributed by atoms with Crippen LogP contribution in [-0.4, -0.2) is 76.4 Å². The number of hydrogen-bond acceptors (Lipinski definition) is 6. The number of thioether (sulfide) groups is 1. The van der Waals surface area contributed by atoms with Crippen LogP contribution in [-0.2, 0) is 19.2 Å². The van der Waals surface area contributed by atoms with Crippen LogP contribution in [0, 0.1) is 11.8 Å². The van der Waals surface area contributed by atoms with Crippen molar-refractivity contribution < 1.29 is 24.3 Å². The summed E-state index contributed by atoms with van der Waals surface area (Å²) in [5, 5.41) is 14.8. The van der Waals surface area contributed by atoms with Crippen LogP contribution in [0.25, 0.3) is 0 Å². The average molecular weight is 473 g/mol. The van der Waals surface area contributed by atoms with Crippen molar-refractivity contribution in [2.75, 3.05) is 18.6 Å². The Hall–Kier alpha value is -1.81. The van der Waals surface area contributed by atoms with Crippen LogP contribution >= 0.6 is 11.8 Å². The summed E-state index contributed by atoms with van der Waals surface area (Å²) in [5.41, 5.74) is 6.11. The molecule has 0 aromatic rings. The van der Waals surface area contributed by atoms with Gasteiger partial charge in [-0.25, -0.2) is 4.79 Å². The number of carboxylic acid groups (broad SMARTS) is 1. The zero-order valence-electron chi connectivity index (χ0n) is 19.9. The maximum absolute atomic E-state index is 13.1. The lowest BCUT2D eigenvalue weighted by molar-refractivity contribution is -0.143. The number of likely N-dealkylation sites (tertiary alicyclic amines) is 1. The molecule has 6 atom stereocenters. The first kappa shape index (κ1) is 28.2. The predicted molar refractivity (Wildman–Crippen MR) is 126 cm³/mol. The number of carbonyl (C=O) groups is 4. The summed E-state index contributed by atoms with van der Waals surface area (Å²) >= 11 is 1.50. The van der Waals surface area contributed by atoms with Crippen LogP contribution in [0.5, 0.6) is 0 Å². The van der Waals surface area contributed by atoms with E-state index in [1.807, 2.05) is 34.0 Å². The van der Waals surface area contributed by atoms with Gasteiger partial charge in [-0.05, 0) is 43.1 Å². The number of nitrogens with two attached hydrogens (primary N) is 1. The van der Waals surface area contributed by atoms with Crippen LogP contribution in [0.1, 0.15) is 59.8 Å². The van der Waals surface area contributed by atoms with Crippen molar-refractivity contribution in [1.82, 2.24) is 15.5 Å². The highest BCUT2D eigenvalue weighted by Gasteiger charge is 2.39. The SMILES string of the molecule is CCC(C)C(N)C(=O)N1CCCC1C(=O)NC(C(=O)NC(CCSC)C(=O)O)C(C)CC. The zero-order chi connectivity index (χ0) is 24.4. The molecule has 1 aliphatic heterocycles. The van der Waals surface area contributed by atoms with Crippen LogP contribution in [0.2, 0.25) is 0 Å². The van der Waals surface area contributed by atoms with E-state index in [0.717, 1.165) is 6.42 Å². The van der Waals surface area contributed by atoms with Gasteiger partial charge in [-0.2, -0.15) is 11.8 Å². The molecule has 0 aromatic carbocycles. The summed E-state index contributed by atoms with van der Waals surface area (Å²) in [4.78, 5) is 51.9. The molecule has 1 rings (SSSR count). The van der Waals surface area contributed by atoms with Crippen molar-refractivity contribution in [3.8, 4) is 0 Å². The third kappa shape index (κ3) is 7.65. The fourth-order valence-electron chi connectivity index (χ4n) is 3.70. The third-order valence-electron chi connectivity index (χ3n) is 6.40. The molecule has 184 valence electrons. The second-order valence-electron chi connectivity index (χ2n) is 8.65. The van der Waals surface area contributed by atoms with Crippen molar-refractivity contribution in [3.63, 3.8) is 0 Å². The minimum Gasteiger partial charge on any atom is -0.480 e. The molecule has 1 heterocycles. The zero-order valence-corrected chi connectivity index (χ0v) is 20.7. The molecule has 6 unspecified atom stereocenters. The largest absolute Gasteiger partial charge is 0.480 e. The van der Waals surface area contributed by atoms with Gasteiger partial charge in [0, 0.05) is 6.54 Å². The molecule has 1 saturated heterocycles. The van der Waals surface area contributed by atoms with Crippen molar-refractivity contribution in [1.29, 1.82) is 0 Å². The van der Waals surface area contributed by atoms with E-state index < -0.39 is 42.0 Å². The second-order valence-corrected chi connectivity index (χ2v) is 9.64. The molecule has 10 heteroatoms. The van der Waals surface area contributed by atoms with Gasteiger partial charge in [0.05, 0.1) is 6.04 Å². The summed E-state index contributed by atoms with van der Waals surface area (Å²) in [5.74, 6) is -1.89. The fourth-order valence-corrected chi connectivity index (χ4v) is 4.17. The summed E-state index contributed by atoms with van der Waals surface area (Å²) in [6.45, 7) is 8.06. The van der Waals surface area contributed by atoms with E-state index in [2.05, 4.69) is 10.6 Å². The van der Waals surface area contributed by atoms with Gasteiger partial charge in [0.2, 0.25) is 17.7 Å². The Morgan fingerprint density at radius 1 is 1.12 bits per heavy atom. The molecule has 9 nitrogen and oxygen atoms in total. The second kappa shape index (κ2) is 13.7. The minimum atomic E-state index is -1.10. The Balaban J connectivity index is 2.94. The lowest BCUT2D eigenvalue weighted by atomic mass is 9.96. The molecule has 1 fully saturated rings. The van der Waals surface area contributed by atoms with Gasteiger partial charge >= 0.3 is 5.97 Å². The summed E-state index contributed by atoms with van der Waals surface area (Å²) in [6.07, 6.45) is 4.73. The molecule has 0 spiro atoms. The quantitative estimate of drug-likeness (QED) is 0.315. The summed E-state index contributed by atoms with van der Waals surface area (Å²) in [6, 6.07) is -3.25.